The summed E-state index contributed by atoms with van der Waals surface area (Å²) >= 11 is 3.39. The Morgan fingerprint density at radius 3 is 2.55 bits per heavy atom. The number of hydrogen-bond acceptors (Lipinski definition) is 7. The molecule has 0 bridgehead atoms. The van der Waals surface area contributed by atoms with Crippen LogP contribution >= 0.6 is 15.9 Å². The lowest BCUT2D eigenvalue weighted by Crippen LogP contribution is -2.42. The lowest BCUT2D eigenvalue weighted by atomic mass is 10.1. The normalized spacial score (nSPS) is 10.7. The summed E-state index contributed by atoms with van der Waals surface area (Å²) in [6.45, 7) is 4.53. The second-order valence-corrected chi connectivity index (χ2v) is 7.37. The smallest absolute Gasteiger partial charge is 0.330 e. The van der Waals surface area contributed by atoms with Gasteiger partial charge in [0.05, 0.1) is 24.8 Å². The van der Waals surface area contributed by atoms with Crippen LogP contribution in [-0.2, 0) is 11.3 Å². The number of benzene rings is 1. The van der Waals surface area contributed by atoms with E-state index in [9.17, 15) is 14.4 Å². The standard InChI is InChI=1S/C20H27BrN4O6/c1-5-7-25-17(22)15(18(26)23-20(25)28)24(8-9-29-3)19(27)12-10-13(21)16(30-4)14(11-12)31-6-2/h10-11H,5-9,22H2,1-4H3,(H,23,26,28). The molecule has 0 saturated carbocycles. The van der Waals surface area contributed by atoms with E-state index in [2.05, 4.69) is 20.9 Å². The molecule has 0 aliphatic carbocycles. The third-order valence-electron chi connectivity index (χ3n) is 4.46. The van der Waals surface area contributed by atoms with Crippen LogP contribution in [0.15, 0.2) is 26.2 Å². The number of aromatic nitrogens is 2. The summed E-state index contributed by atoms with van der Waals surface area (Å²) in [4.78, 5) is 41.7. The first-order valence-corrected chi connectivity index (χ1v) is 10.5. The predicted molar refractivity (Wildman–Crippen MR) is 121 cm³/mol. The fraction of sp³-hybridized carbons (Fsp3) is 0.450. The van der Waals surface area contributed by atoms with Crippen LogP contribution in [0, 0.1) is 0 Å². The maximum atomic E-state index is 13.5. The maximum absolute atomic E-state index is 13.5. The van der Waals surface area contributed by atoms with Crippen LogP contribution in [0.2, 0.25) is 0 Å². The molecule has 0 saturated heterocycles. The van der Waals surface area contributed by atoms with Crippen molar-refractivity contribution in [3.05, 3.63) is 43.0 Å². The van der Waals surface area contributed by atoms with Gasteiger partial charge >= 0.3 is 5.69 Å². The molecule has 1 aromatic heterocycles. The molecule has 0 unspecified atom stereocenters. The van der Waals surface area contributed by atoms with E-state index < -0.39 is 17.2 Å². The highest BCUT2D eigenvalue weighted by molar-refractivity contribution is 9.10. The molecular weight excluding hydrogens is 472 g/mol. The lowest BCUT2D eigenvalue weighted by Gasteiger charge is -2.25. The average Bonchev–Trinajstić information content (AvgIpc) is 2.72. The highest BCUT2D eigenvalue weighted by Gasteiger charge is 2.26. The molecule has 3 N–H and O–H groups in total. The summed E-state index contributed by atoms with van der Waals surface area (Å²) < 4.78 is 17.8. The Morgan fingerprint density at radius 1 is 1.26 bits per heavy atom. The van der Waals surface area contributed by atoms with Crippen molar-refractivity contribution in [1.29, 1.82) is 0 Å². The van der Waals surface area contributed by atoms with Gasteiger partial charge in [0.1, 0.15) is 5.82 Å². The number of methoxy groups -OCH3 is 2. The van der Waals surface area contributed by atoms with Gasteiger partial charge in [0.15, 0.2) is 17.2 Å². The van der Waals surface area contributed by atoms with Gasteiger partial charge in [-0.2, -0.15) is 0 Å². The van der Waals surface area contributed by atoms with Crippen molar-refractivity contribution in [2.24, 2.45) is 0 Å². The summed E-state index contributed by atoms with van der Waals surface area (Å²) in [5, 5.41) is 0. The number of anilines is 2. The van der Waals surface area contributed by atoms with Crippen LogP contribution in [0.4, 0.5) is 11.5 Å². The van der Waals surface area contributed by atoms with Crippen LogP contribution < -0.4 is 31.4 Å². The van der Waals surface area contributed by atoms with E-state index in [1.165, 1.54) is 29.8 Å². The Bertz CT molecular complexity index is 1050. The molecular formula is C20H27BrN4O6. The largest absolute Gasteiger partial charge is 0.492 e. The van der Waals surface area contributed by atoms with Crippen LogP contribution in [0.5, 0.6) is 11.5 Å². The topological polar surface area (TPSA) is 129 Å². The van der Waals surface area contributed by atoms with Crippen LogP contribution in [0.1, 0.15) is 30.6 Å². The zero-order chi connectivity index (χ0) is 23.1. The number of nitrogen functional groups attached to an aromatic ring is 1. The monoisotopic (exact) mass is 498 g/mol. The van der Waals surface area contributed by atoms with Crippen molar-refractivity contribution >= 4 is 33.3 Å². The van der Waals surface area contributed by atoms with Crippen LogP contribution in [0.3, 0.4) is 0 Å². The fourth-order valence-electron chi connectivity index (χ4n) is 3.09. The molecule has 2 aromatic rings. The molecule has 2 rings (SSSR count). The summed E-state index contributed by atoms with van der Waals surface area (Å²) in [6.07, 6.45) is 0.616. The van der Waals surface area contributed by atoms with Crippen molar-refractivity contribution in [2.45, 2.75) is 26.8 Å². The van der Waals surface area contributed by atoms with E-state index in [1.807, 2.05) is 13.8 Å². The van der Waals surface area contributed by atoms with E-state index >= 15 is 0 Å². The predicted octanol–water partition coefficient (Wildman–Crippen LogP) is 1.99. The number of carbonyl (C=O) groups is 1. The zero-order valence-corrected chi connectivity index (χ0v) is 19.6. The molecule has 0 radical (unpaired) electrons. The molecule has 31 heavy (non-hydrogen) atoms. The number of halogens is 1. The van der Waals surface area contributed by atoms with E-state index in [4.69, 9.17) is 19.9 Å². The fourth-order valence-corrected chi connectivity index (χ4v) is 3.69. The second kappa shape index (κ2) is 11.0. The van der Waals surface area contributed by atoms with Gasteiger partial charge in [-0.25, -0.2) is 4.79 Å². The van der Waals surface area contributed by atoms with Crippen molar-refractivity contribution in [1.82, 2.24) is 9.55 Å². The minimum Gasteiger partial charge on any atom is -0.492 e. The summed E-state index contributed by atoms with van der Waals surface area (Å²) in [6, 6.07) is 3.09. The molecule has 170 valence electrons. The number of nitrogens with two attached hydrogens (primary N) is 1. The Kier molecular flexibility index (Phi) is 8.69. The van der Waals surface area contributed by atoms with E-state index in [0.29, 0.717) is 35.5 Å². The molecule has 1 amide bonds. The third-order valence-corrected chi connectivity index (χ3v) is 5.04. The zero-order valence-electron chi connectivity index (χ0n) is 18.0. The number of H-pyrrole nitrogens is 1. The lowest BCUT2D eigenvalue weighted by molar-refractivity contribution is 0.0975. The number of aromatic amines is 1. The second-order valence-electron chi connectivity index (χ2n) is 6.52. The van der Waals surface area contributed by atoms with E-state index in [0.717, 1.165) is 0 Å². The van der Waals surface area contributed by atoms with Gasteiger partial charge in [0, 0.05) is 25.8 Å². The quantitative estimate of drug-likeness (QED) is 0.512. The van der Waals surface area contributed by atoms with Gasteiger partial charge in [-0.3, -0.25) is 24.0 Å². The number of hydrogen-bond donors (Lipinski definition) is 2. The Labute approximate surface area is 188 Å². The average molecular weight is 499 g/mol. The Hall–Kier alpha value is -2.79. The van der Waals surface area contributed by atoms with Crippen molar-refractivity contribution in [3.8, 4) is 11.5 Å². The van der Waals surface area contributed by atoms with Gasteiger partial charge in [0.2, 0.25) is 0 Å². The Balaban J connectivity index is 2.66. The number of nitrogens with one attached hydrogen (secondary N) is 1. The SMILES string of the molecule is CCCn1c(N)c(N(CCOC)C(=O)c2cc(Br)c(OC)c(OCC)c2)c(=O)[nH]c1=O. The molecule has 10 nitrogen and oxygen atoms in total. The third kappa shape index (κ3) is 5.28. The molecule has 0 atom stereocenters. The summed E-state index contributed by atoms with van der Waals surface area (Å²) in [7, 11) is 2.97. The number of ether oxygens (including phenoxy) is 3. The molecule has 0 aliphatic rings. The van der Waals surface area contributed by atoms with Crippen LogP contribution in [-0.4, -0.2) is 49.4 Å². The highest BCUT2D eigenvalue weighted by atomic mass is 79.9. The molecule has 0 fully saturated rings. The minimum atomic E-state index is -0.753. The number of amides is 1. The van der Waals surface area contributed by atoms with Gasteiger partial charge in [-0.15, -0.1) is 0 Å². The van der Waals surface area contributed by atoms with Crippen molar-refractivity contribution < 1.29 is 19.0 Å². The molecule has 1 heterocycles. The summed E-state index contributed by atoms with van der Waals surface area (Å²) in [5.41, 5.74) is 4.91. The minimum absolute atomic E-state index is 0.0422. The summed E-state index contributed by atoms with van der Waals surface area (Å²) in [5.74, 6) is 0.209. The van der Waals surface area contributed by atoms with Crippen molar-refractivity contribution in [2.75, 3.05) is 44.6 Å². The highest BCUT2D eigenvalue weighted by Crippen LogP contribution is 2.37. The molecule has 0 spiro atoms. The molecule has 11 heteroatoms. The van der Waals surface area contributed by atoms with Gasteiger partial charge in [-0.1, -0.05) is 6.92 Å². The van der Waals surface area contributed by atoms with Gasteiger partial charge in [0.25, 0.3) is 11.5 Å². The van der Waals surface area contributed by atoms with E-state index in [1.54, 1.807) is 6.07 Å². The van der Waals surface area contributed by atoms with Crippen LogP contribution in [0.25, 0.3) is 0 Å². The molecule has 1 aromatic carbocycles. The maximum Gasteiger partial charge on any atom is 0.330 e. The first-order chi connectivity index (χ1) is 14.8. The van der Waals surface area contributed by atoms with Crippen molar-refractivity contribution in [3.63, 3.8) is 0 Å². The number of nitrogens with zero attached hydrogens (tertiary/aromatic N) is 2. The first kappa shape index (κ1) is 24.5. The number of carbonyl (C=O) groups excluding carboxylic acids is 1. The van der Waals surface area contributed by atoms with E-state index in [-0.39, 0.29) is 30.2 Å². The van der Waals surface area contributed by atoms with Gasteiger partial charge < -0.3 is 19.9 Å². The molecule has 0 aliphatic heterocycles. The Morgan fingerprint density at radius 2 is 1.97 bits per heavy atom. The number of rotatable bonds is 10. The first-order valence-electron chi connectivity index (χ1n) is 9.74. The van der Waals surface area contributed by atoms with Gasteiger partial charge in [-0.05, 0) is 41.4 Å².